The first-order valence-corrected chi connectivity index (χ1v) is 5.56. The van der Waals surface area contributed by atoms with Gasteiger partial charge in [-0.1, -0.05) is 6.07 Å². The minimum Gasteiger partial charge on any atom is -0.339 e. The normalized spacial score (nSPS) is 9.71. The average molecular weight is 292 g/mol. The van der Waals surface area contributed by atoms with Gasteiger partial charge in [-0.15, -0.1) is 0 Å². The van der Waals surface area contributed by atoms with Crippen molar-refractivity contribution in [3.8, 4) is 6.07 Å². The first-order chi connectivity index (χ1) is 8.19. The van der Waals surface area contributed by atoms with E-state index >= 15 is 0 Å². The molecule has 5 heteroatoms. The van der Waals surface area contributed by atoms with Crippen LogP contribution in [0.3, 0.4) is 0 Å². The lowest BCUT2D eigenvalue weighted by atomic mass is 10.2. The van der Waals surface area contributed by atoms with Gasteiger partial charge in [-0.25, -0.2) is 9.37 Å². The molecule has 0 radical (unpaired) electrons. The Bertz CT molecular complexity index is 593. The quantitative estimate of drug-likeness (QED) is 0.920. The molecule has 0 aliphatic heterocycles. The first-order valence-electron chi connectivity index (χ1n) is 4.77. The number of benzene rings is 1. The van der Waals surface area contributed by atoms with Crippen molar-refractivity contribution in [2.75, 3.05) is 5.32 Å². The molecule has 0 saturated heterocycles. The lowest BCUT2D eigenvalue weighted by Crippen LogP contribution is -1.97. The van der Waals surface area contributed by atoms with E-state index in [1.807, 2.05) is 6.07 Å². The number of halogens is 2. The van der Waals surface area contributed by atoms with Crippen LogP contribution in [-0.2, 0) is 0 Å². The first kappa shape index (κ1) is 11.6. The van der Waals surface area contributed by atoms with Gasteiger partial charge >= 0.3 is 0 Å². The Hall–Kier alpha value is -1.93. The lowest BCUT2D eigenvalue weighted by molar-refractivity contribution is 0.628. The molecule has 1 aromatic carbocycles. The van der Waals surface area contributed by atoms with Crippen LogP contribution in [0.2, 0.25) is 0 Å². The van der Waals surface area contributed by atoms with Gasteiger partial charge in [0, 0.05) is 16.4 Å². The minimum atomic E-state index is -0.342. The maximum atomic E-state index is 13.0. The summed E-state index contributed by atoms with van der Waals surface area (Å²) in [5, 5.41) is 11.8. The number of aromatic nitrogens is 1. The second-order valence-electron chi connectivity index (χ2n) is 3.30. The number of nitriles is 1. The molecule has 1 N–H and O–H groups in total. The van der Waals surface area contributed by atoms with Crippen LogP contribution < -0.4 is 5.32 Å². The van der Waals surface area contributed by atoms with Crippen molar-refractivity contribution >= 4 is 27.4 Å². The number of anilines is 2. The molecular formula is C12H7BrFN3. The van der Waals surface area contributed by atoms with Gasteiger partial charge in [0.1, 0.15) is 17.7 Å². The fraction of sp³-hybridized carbons (Fsp3) is 0. The van der Waals surface area contributed by atoms with E-state index in [2.05, 4.69) is 26.2 Å². The van der Waals surface area contributed by atoms with Gasteiger partial charge < -0.3 is 5.32 Å². The minimum absolute atomic E-state index is 0.342. The third-order valence-electron chi connectivity index (χ3n) is 2.06. The Kier molecular flexibility index (Phi) is 3.35. The van der Waals surface area contributed by atoms with Gasteiger partial charge in [0.05, 0.1) is 5.56 Å². The van der Waals surface area contributed by atoms with Gasteiger partial charge in [-0.05, 0) is 40.2 Å². The van der Waals surface area contributed by atoms with E-state index in [1.165, 1.54) is 12.1 Å². The van der Waals surface area contributed by atoms with Crippen LogP contribution in [-0.4, -0.2) is 4.98 Å². The van der Waals surface area contributed by atoms with Crippen molar-refractivity contribution in [2.24, 2.45) is 0 Å². The summed E-state index contributed by atoms with van der Waals surface area (Å²) in [7, 11) is 0. The van der Waals surface area contributed by atoms with Gasteiger partial charge in [0.2, 0.25) is 0 Å². The highest BCUT2D eigenvalue weighted by atomic mass is 79.9. The highest BCUT2D eigenvalue weighted by Gasteiger charge is 2.05. The third kappa shape index (κ3) is 2.80. The summed E-state index contributed by atoms with van der Waals surface area (Å²) in [5.74, 6) is 0.0620. The smallest absolute Gasteiger partial charge is 0.148 e. The van der Waals surface area contributed by atoms with Crippen LogP contribution in [0.25, 0.3) is 0 Å². The maximum absolute atomic E-state index is 13.0. The molecule has 0 aliphatic carbocycles. The number of rotatable bonds is 2. The lowest BCUT2D eigenvalue weighted by Gasteiger charge is -2.07. The van der Waals surface area contributed by atoms with E-state index in [0.29, 0.717) is 17.1 Å². The van der Waals surface area contributed by atoms with Gasteiger partial charge in [-0.3, -0.25) is 0 Å². The van der Waals surface area contributed by atoms with Gasteiger partial charge in [0.15, 0.2) is 0 Å². The zero-order valence-electron chi connectivity index (χ0n) is 8.61. The van der Waals surface area contributed by atoms with Crippen molar-refractivity contribution in [3.63, 3.8) is 0 Å². The van der Waals surface area contributed by atoms with E-state index in [9.17, 15) is 4.39 Å². The predicted molar refractivity (Wildman–Crippen MR) is 66.3 cm³/mol. The van der Waals surface area contributed by atoms with Crippen LogP contribution in [0.4, 0.5) is 15.9 Å². The summed E-state index contributed by atoms with van der Waals surface area (Å²) < 4.78 is 13.7. The molecule has 84 valence electrons. The molecule has 2 aromatic rings. The van der Waals surface area contributed by atoms with Crippen LogP contribution >= 0.6 is 15.9 Å². The van der Waals surface area contributed by atoms with Crippen molar-refractivity contribution in [2.45, 2.75) is 0 Å². The summed E-state index contributed by atoms with van der Waals surface area (Å²) in [6.07, 6.45) is 1.57. The topological polar surface area (TPSA) is 48.7 Å². The van der Waals surface area contributed by atoms with Crippen LogP contribution in [0.1, 0.15) is 5.56 Å². The molecule has 1 aromatic heterocycles. The highest BCUT2D eigenvalue weighted by Crippen LogP contribution is 2.21. The zero-order valence-corrected chi connectivity index (χ0v) is 10.2. The summed E-state index contributed by atoms with van der Waals surface area (Å²) in [5.41, 5.74) is 0.944. The Morgan fingerprint density at radius 3 is 2.88 bits per heavy atom. The standard InChI is InChI=1S/C12H7BrFN3/c13-9-4-8(6-15)12(16-7-9)17-11-3-1-2-10(14)5-11/h1-5,7H,(H,16,17). The molecule has 0 spiro atoms. The molecule has 2 rings (SSSR count). The van der Waals surface area contributed by atoms with E-state index in [4.69, 9.17) is 5.26 Å². The number of nitrogens with one attached hydrogen (secondary N) is 1. The predicted octanol–water partition coefficient (Wildman–Crippen LogP) is 3.60. The number of hydrogen-bond acceptors (Lipinski definition) is 3. The molecule has 3 nitrogen and oxygen atoms in total. The number of hydrogen-bond donors (Lipinski definition) is 1. The van der Waals surface area contributed by atoms with Gasteiger partial charge in [-0.2, -0.15) is 5.26 Å². The molecule has 0 amide bonds. The molecule has 0 fully saturated rings. The van der Waals surface area contributed by atoms with Crippen molar-refractivity contribution in [3.05, 3.63) is 52.4 Å². The molecule has 0 aliphatic rings. The Morgan fingerprint density at radius 2 is 2.18 bits per heavy atom. The molecule has 0 bridgehead atoms. The monoisotopic (exact) mass is 291 g/mol. The SMILES string of the molecule is N#Cc1cc(Br)cnc1Nc1cccc(F)c1. The molecule has 0 saturated carbocycles. The summed E-state index contributed by atoms with van der Waals surface area (Å²) in [6, 6.07) is 9.65. The average Bonchev–Trinajstić information content (AvgIpc) is 2.31. The van der Waals surface area contributed by atoms with E-state index in [1.54, 1.807) is 24.4 Å². The summed E-state index contributed by atoms with van der Waals surface area (Å²) in [4.78, 5) is 4.07. The maximum Gasteiger partial charge on any atom is 0.148 e. The Labute approximate surface area is 106 Å². The fourth-order valence-corrected chi connectivity index (χ4v) is 1.66. The second kappa shape index (κ2) is 4.93. The van der Waals surface area contributed by atoms with Crippen molar-refractivity contribution < 1.29 is 4.39 Å². The Balaban J connectivity index is 2.34. The highest BCUT2D eigenvalue weighted by molar-refractivity contribution is 9.10. The summed E-state index contributed by atoms with van der Waals surface area (Å²) in [6.45, 7) is 0. The van der Waals surface area contributed by atoms with Crippen LogP contribution in [0.15, 0.2) is 41.0 Å². The Morgan fingerprint density at radius 1 is 1.35 bits per heavy atom. The molecule has 0 unspecified atom stereocenters. The molecule has 1 heterocycles. The third-order valence-corrected chi connectivity index (χ3v) is 2.50. The van der Waals surface area contributed by atoms with Crippen LogP contribution in [0, 0.1) is 17.1 Å². The van der Waals surface area contributed by atoms with E-state index < -0.39 is 0 Å². The fourth-order valence-electron chi connectivity index (χ4n) is 1.33. The molecular weight excluding hydrogens is 285 g/mol. The molecule has 17 heavy (non-hydrogen) atoms. The van der Waals surface area contributed by atoms with Crippen molar-refractivity contribution in [1.29, 1.82) is 5.26 Å². The van der Waals surface area contributed by atoms with Gasteiger partial charge in [0.25, 0.3) is 0 Å². The van der Waals surface area contributed by atoms with Crippen molar-refractivity contribution in [1.82, 2.24) is 4.98 Å². The zero-order chi connectivity index (χ0) is 12.3. The van der Waals surface area contributed by atoms with E-state index in [-0.39, 0.29) is 5.82 Å². The van der Waals surface area contributed by atoms with Crippen LogP contribution in [0.5, 0.6) is 0 Å². The summed E-state index contributed by atoms with van der Waals surface area (Å²) >= 11 is 3.23. The number of pyridine rings is 1. The number of nitrogens with zero attached hydrogens (tertiary/aromatic N) is 2. The molecule has 0 atom stereocenters. The van der Waals surface area contributed by atoms with E-state index in [0.717, 1.165) is 4.47 Å². The largest absolute Gasteiger partial charge is 0.339 e. The second-order valence-corrected chi connectivity index (χ2v) is 4.21.